The maximum atomic E-state index is 13.3. The third-order valence-corrected chi connectivity index (χ3v) is 8.54. The molecule has 2 aliphatic rings. The van der Waals surface area contributed by atoms with Crippen LogP contribution in [-0.2, 0) is 31.9 Å². The largest absolute Gasteiger partial charge is 0.434 e. The summed E-state index contributed by atoms with van der Waals surface area (Å²) in [5.41, 5.74) is -0.0412. The minimum atomic E-state index is -4.58. The first kappa shape index (κ1) is 28.8. The number of fused-ring (bicyclic) bond motifs is 1. The van der Waals surface area contributed by atoms with Crippen LogP contribution in [-0.4, -0.2) is 63.5 Å². The van der Waals surface area contributed by atoms with Crippen molar-refractivity contribution in [3.8, 4) is 0 Å². The Balaban J connectivity index is 1.35. The zero-order valence-corrected chi connectivity index (χ0v) is 22.7. The Bertz CT molecular complexity index is 1480. The molecule has 1 fully saturated rings. The van der Waals surface area contributed by atoms with Crippen molar-refractivity contribution in [2.75, 3.05) is 18.5 Å². The Morgan fingerprint density at radius 1 is 1.38 bits per heavy atom. The van der Waals surface area contributed by atoms with Gasteiger partial charge < -0.3 is 24.8 Å². The second-order valence-corrected chi connectivity index (χ2v) is 12.2. The van der Waals surface area contributed by atoms with Crippen molar-refractivity contribution in [3.63, 3.8) is 0 Å². The predicted molar refractivity (Wildman–Crippen MR) is 135 cm³/mol. The molecule has 218 valence electrons. The summed E-state index contributed by atoms with van der Waals surface area (Å²) in [6, 6.07) is 1.38. The van der Waals surface area contributed by atoms with Crippen molar-refractivity contribution >= 4 is 27.5 Å². The Labute approximate surface area is 231 Å². The van der Waals surface area contributed by atoms with Crippen LogP contribution in [0.5, 0.6) is 0 Å². The summed E-state index contributed by atoms with van der Waals surface area (Å²) < 4.78 is 73.9. The van der Waals surface area contributed by atoms with E-state index in [1.165, 1.54) is 28.4 Å². The normalized spacial score (nSPS) is 24.2. The van der Waals surface area contributed by atoms with Gasteiger partial charge in [0, 0.05) is 51.8 Å². The number of nitrogens with one attached hydrogen (secondary N) is 1. The Kier molecular flexibility index (Phi) is 7.90. The number of imidazole rings is 1. The van der Waals surface area contributed by atoms with Crippen molar-refractivity contribution in [1.29, 1.82) is 0 Å². The second kappa shape index (κ2) is 11.0. The number of alkyl halides is 3. The maximum absolute atomic E-state index is 13.3. The molecule has 0 aromatic carbocycles. The second-order valence-electron chi connectivity index (χ2n) is 9.73. The molecule has 0 radical (unpaired) electrons. The molecule has 3 aromatic heterocycles. The highest BCUT2D eigenvalue weighted by Gasteiger charge is 2.38. The van der Waals surface area contributed by atoms with E-state index in [2.05, 4.69) is 24.5 Å². The predicted octanol–water partition coefficient (Wildman–Crippen LogP) is 2.03. The lowest BCUT2D eigenvalue weighted by atomic mass is 10.1. The van der Waals surface area contributed by atoms with Crippen molar-refractivity contribution in [2.45, 2.75) is 56.8 Å². The van der Waals surface area contributed by atoms with Crippen LogP contribution in [0.25, 0.3) is 0 Å². The van der Waals surface area contributed by atoms with Crippen molar-refractivity contribution in [1.82, 2.24) is 19.5 Å². The molecule has 5 rings (SSSR count). The number of hydrogen-bond acceptors (Lipinski definition) is 11. The van der Waals surface area contributed by atoms with Crippen LogP contribution in [0.15, 0.2) is 24.8 Å². The number of aryl methyl sites for hydroxylation is 1. The first-order chi connectivity index (χ1) is 18.8. The van der Waals surface area contributed by atoms with Crippen LogP contribution < -0.4 is 10.5 Å². The minimum absolute atomic E-state index is 0.145. The van der Waals surface area contributed by atoms with Gasteiger partial charge in [0.1, 0.15) is 30.2 Å². The van der Waals surface area contributed by atoms with E-state index in [0.29, 0.717) is 28.2 Å². The minimum Gasteiger partial charge on any atom is -0.393 e. The molecule has 0 amide bonds. The molecule has 1 aliphatic heterocycles. The fourth-order valence-electron chi connectivity index (χ4n) is 5.03. The molecule has 17 heteroatoms. The standard InChI is InChI=1S/C23H27F3N6O6S2/c1-11-14(20-22-31-18(23(24,25)26)8-32(22)2-3-37-20)6-17(39-11)19(34)15-7-28-10-29-21(15)30-13-4-12(16(33)5-13)9-38-40(27,35)36/h6-8,10,12-13,16,19-20,33-34H,2-5,9H2,1H3,(H2,27,35,36)(H,28,29,30)/t12-,13-,16+,19?,20?/m1/s1. The molecular formula is C23H27F3N6O6S2. The average molecular weight is 605 g/mol. The Hall–Kier alpha value is -2.67. The van der Waals surface area contributed by atoms with Crippen LogP contribution in [0.3, 0.4) is 0 Å². The number of aromatic nitrogens is 4. The van der Waals surface area contributed by atoms with Gasteiger partial charge >= 0.3 is 16.5 Å². The molecule has 40 heavy (non-hydrogen) atoms. The topological polar surface area (TPSA) is 175 Å². The average Bonchev–Trinajstić information content (AvgIpc) is 3.58. The fraction of sp³-hybridized carbons (Fsp3) is 0.522. The molecule has 1 aliphatic carbocycles. The first-order valence-electron chi connectivity index (χ1n) is 12.3. The van der Waals surface area contributed by atoms with Gasteiger partial charge in [0.05, 0.1) is 19.3 Å². The van der Waals surface area contributed by atoms with E-state index in [9.17, 15) is 31.8 Å². The van der Waals surface area contributed by atoms with Crippen LogP contribution in [0, 0.1) is 12.8 Å². The molecule has 0 bridgehead atoms. The van der Waals surface area contributed by atoms with E-state index in [0.717, 1.165) is 11.1 Å². The molecule has 0 spiro atoms. The lowest BCUT2D eigenvalue weighted by Gasteiger charge is -2.24. The summed E-state index contributed by atoms with van der Waals surface area (Å²) in [4.78, 5) is 13.3. The summed E-state index contributed by atoms with van der Waals surface area (Å²) in [6.45, 7) is 1.97. The number of anilines is 1. The molecule has 5 N–H and O–H groups in total. The number of halogens is 3. The third-order valence-electron chi connectivity index (χ3n) is 6.96. The van der Waals surface area contributed by atoms with Gasteiger partial charge in [-0.3, -0.25) is 4.18 Å². The zero-order chi connectivity index (χ0) is 28.8. The number of ether oxygens (including phenoxy) is 1. The number of hydrogen-bond donors (Lipinski definition) is 4. The van der Waals surface area contributed by atoms with E-state index in [4.69, 9.17) is 9.88 Å². The molecule has 2 unspecified atom stereocenters. The lowest BCUT2D eigenvalue weighted by molar-refractivity contribution is -0.141. The van der Waals surface area contributed by atoms with E-state index < -0.39 is 46.4 Å². The van der Waals surface area contributed by atoms with Gasteiger partial charge in [0.15, 0.2) is 5.69 Å². The van der Waals surface area contributed by atoms with Crippen molar-refractivity contribution in [3.05, 3.63) is 57.2 Å². The van der Waals surface area contributed by atoms with Gasteiger partial charge in [-0.25, -0.2) is 20.1 Å². The number of thiophene rings is 1. The number of aliphatic hydroxyl groups is 2. The smallest absolute Gasteiger partial charge is 0.393 e. The van der Waals surface area contributed by atoms with Gasteiger partial charge in [-0.15, -0.1) is 11.3 Å². The monoisotopic (exact) mass is 604 g/mol. The van der Waals surface area contributed by atoms with Crippen molar-refractivity contribution < 1.29 is 40.7 Å². The lowest BCUT2D eigenvalue weighted by Crippen LogP contribution is -2.24. The van der Waals surface area contributed by atoms with Crippen LogP contribution in [0.4, 0.5) is 19.0 Å². The summed E-state index contributed by atoms with van der Waals surface area (Å²) in [6.07, 6.45) is -3.06. The molecule has 1 saturated carbocycles. The Morgan fingerprint density at radius 3 is 2.88 bits per heavy atom. The van der Waals surface area contributed by atoms with Gasteiger partial charge in [-0.05, 0) is 25.8 Å². The number of nitrogens with two attached hydrogens (primary N) is 1. The highest BCUT2D eigenvalue weighted by molar-refractivity contribution is 7.84. The van der Waals surface area contributed by atoms with E-state index in [1.807, 2.05) is 0 Å². The summed E-state index contributed by atoms with van der Waals surface area (Å²) in [7, 11) is -4.14. The molecule has 0 saturated heterocycles. The first-order valence-corrected chi connectivity index (χ1v) is 14.5. The Morgan fingerprint density at radius 2 is 2.15 bits per heavy atom. The molecular weight excluding hydrogens is 577 g/mol. The maximum Gasteiger partial charge on any atom is 0.434 e. The number of aliphatic hydroxyl groups excluding tert-OH is 2. The number of nitrogens with zero attached hydrogens (tertiary/aromatic N) is 4. The van der Waals surface area contributed by atoms with E-state index in [-0.39, 0.29) is 38.0 Å². The summed E-state index contributed by atoms with van der Waals surface area (Å²) in [5, 5.41) is 29.7. The van der Waals surface area contributed by atoms with Crippen molar-refractivity contribution in [2.24, 2.45) is 11.1 Å². The van der Waals surface area contributed by atoms with Crippen LogP contribution >= 0.6 is 11.3 Å². The van der Waals surface area contributed by atoms with E-state index in [1.54, 1.807) is 13.0 Å². The molecule has 4 heterocycles. The van der Waals surface area contributed by atoms with Crippen LogP contribution in [0.2, 0.25) is 0 Å². The van der Waals surface area contributed by atoms with E-state index >= 15 is 0 Å². The highest BCUT2D eigenvalue weighted by atomic mass is 32.2. The quantitative estimate of drug-likeness (QED) is 0.298. The summed E-state index contributed by atoms with van der Waals surface area (Å²) >= 11 is 1.26. The third kappa shape index (κ3) is 6.14. The summed E-state index contributed by atoms with van der Waals surface area (Å²) in [5.74, 6) is -0.0132. The zero-order valence-electron chi connectivity index (χ0n) is 21.1. The fourth-order valence-corrected chi connectivity index (χ4v) is 6.46. The van der Waals surface area contributed by atoms with Gasteiger partial charge in [0.25, 0.3) is 0 Å². The van der Waals surface area contributed by atoms with Gasteiger partial charge in [0.2, 0.25) is 0 Å². The molecule has 12 nitrogen and oxygen atoms in total. The highest BCUT2D eigenvalue weighted by Crippen LogP contribution is 2.41. The molecule has 5 atom stereocenters. The van der Waals surface area contributed by atoms with Crippen LogP contribution in [0.1, 0.15) is 57.4 Å². The van der Waals surface area contributed by atoms with Gasteiger partial charge in [-0.1, -0.05) is 0 Å². The SMILES string of the molecule is Cc1sc(C(O)c2cncnc2N[C@@H]2C[C@H](COS(N)(=O)=O)[C@@H](O)C2)cc1C1OCCn2cc(C(F)(F)F)nc21. The molecule has 3 aromatic rings. The van der Waals surface area contributed by atoms with Gasteiger partial charge in [-0.2, -0.15) is 21.6 Å². The number of rotatable bonds is 8.